The van der Waals surface area contributed by atoms with Crippen LogP contribution in [-0.4, -0.2) is 33.5 Å². The lowest BCUT2D eigenvalue weighted by Gasteiger charge is -2.14. The van der Waals surface area contributed by atoms with Crippen molar-refractivity contribution in [2.45, 2.75) is 26.0 Å². The Hall–Kier alpha value is -0.910. The Kier molecular flexibility index (Phi) is 6.93. The van der Waals surface area contributed by atoms with Crippen molar-refractivity contribution in [3.63, 3.8) is 0 Å². The first kappa shape index (κ1) is 15.1. The van der Waals surface area contributed by atoms with Crippen LogP contribution in [0.4, 0.5) is 0 Å². The van der Waals surface area contributed by atoms with Crippen molar-refractivity contribution in [3.05, 3.63) is 29.8 Å². The molecule has 2 atom stereocenters. The molecule has 1 aromatic carbocycles. The summed E-state index contributed by atoms with van der Waals surface area (Å²) in [5, 5.41) is 9.72. The smallest absolute Gasteiger partial charge is 0.123 e. The Balaban J connectivity index is 2.42. The second-order valence-electron chi connectivity index (χ2n) is 4.09. The van der Waals surface area contributed by atoms with E-state index in [1.165, 1.54) is 0 Å². The molecule has 0 aliphatic carbocycles. The number of hydrogen-bond donors (Lipinski definition) is 2. The third-order valence-electron chi connectivity index (χ3n) is 2.43. The first-order valence-corrected chi connectivity index (χ1v) is 7.60. The van der Waals surface area contributed by atoms with E-state index in [0.717, 1.165) is 12.0 Å². The van der Waals surface area contributed by atoms with E-state index in [4.69, 9.17) is 10.5 Å². The lowest BCUT2D eigenvalue weighted by atomic mass is 10.2. The fourth-order valence-corrected chi connectivity index (χ4v) is 2.72. The highest BCUT2D eigenvalue weighted by Gasteiger charge is 2.10. The van der Waals surface area contributed by atoms with Crippen LogP contribution in [0.25, 0.3) is 0 Å². The lowest BCUT2D eigenvalue weighted by molar-refractivity contribution is 0.125. The molecule has 0 radical (unpaired) electrons. The predicted molar refractivity (Wildman–Crippen MR) is 74.0 cm³/mol. The molecule has 0 bridgehead atoms. The topological polar surface area (TPSA) is 72.5 Å². The number of para-hydroxylation sites is 1. The molecule has 3 N–H and O–H groups in total. The van der Waals surface area contributed by atoms with Crippen molar-refractivity contribution in [1.82, 2.24) is 0 Å². The summed E-state index contributed by atoms with van der Waals surface area (Å²) in [5.74, 6) is 1.56. The minimum atomic E-state index is -0.970. The standard InChI is InChI=1S/C13H21NO3S/c1-2-7-18(16)10-12(15)9-17-13-6-4-3-5-11(13)8-14/h3-6,12,15H,2,7-10,14H2,1H3. The fourth-order valence-electron chi connectivity index (χ4n) is 1.57. The van der Waals surface area contributed by atoms with Gasteiger partial charge in [-0.1, -0.05) is 25.1 Å². The van der Waals surface area contributed by atoms with Crippen LogP contribution < -0.4 is 10.5 Å². The molecular formula is C13H21NO3S. The Bertz CT molecular complexity index is 384. The van der Waals surface area contributed by atoms with Crippen LogP contribution in [-0.2, 0) is 17.3 Å². The Morgan fingerprint density at radius 1 is 1.44 bits per heavy atom. The summed E-state index contributed by atoms with van der Waals surface area (Å²) in [4.78, 5) is 0. The number of benzene rings is 1. The molecule has 4 nitrogen and oxygen atoms in total. The van der Waals surface area contributed by atoms with Crippen molar-refractivity contribution in [2.75, 3.05) is 18.1 Å². The van der Waals surface area contributed by atoms with E-state index in [9.17, 15) is 9.32 Å². The minimum Gasteiger partial charge on any atom is -0.491 e. The molecule has 0 aliphatic heterocycles. The SMILES string of the molecule is CCCS(=O)CC(O)COc1ccccc1CN. The summed E-state index contributed by atoms with van der Waals surface area (Å²) in [6.45, 7) is 2.51. The van der Waals surface area contributed by atoms with Gasteiger partial charge < -0.3 is 15.6 Å². The number of aliphatic hydroxyl groups is 1. The second-order valence-corrected chi connectivity index (χ2v) is 5.71. The third kappa shape index (κ3) is 5.16. The highest BCUT2D eigenvalue weighted by atomic mass is 32.2. The van der Waals surface area contributed by atoms with Crippen molar-refractivity contribution in [3.8, 4) is 5.75 Å². The van der Waals surface area contributed by atoms with E-state index in [1.807, 2.05) is 31.2 Å². The largest absolute Gasteiger partial charge is 0.491 e. The number of rotatable bonds is 8. The van der Waals surface area contributed by atoms with Crippen LogP contribution in [0.2, 0.25) is 0 Å². The van der Waals surface area contributed by atoms with Gasteiger partial charge in [-0.15, -0.1) is 0 Å². The van der Waals surface area contributed by atoms with Crippen molar-refractivity contribution < 1.29 is 14.1 Å². The molecule has 18 heavy (non-hydrogen) atoms. The predicted octanol–water partition coefficient (Wildman–Crippen LogP) is 1.04. The molecule has 1 aromatic rings. The second kappa shape index (κ2) is 8.24. The number of hydrogen-bond acceptors (Lipinski definition) is 4. The van der Waals surface area contributed by atoms with E-state index in [1.54, 1.807) is 0 Å². The number of ether oxygens (including phenoxy) is 1. The summed E-state index contributed by atoms with van der Waals surface area (Å²) in [5.41, 5.74) is 6.49. The Labute approximate surface area is 111 Å². The molecule has 0 heterocycles. The zero-order valence-electron chi connectivity index (χ0n) is 10.7. The monoisotopic (exact) mass is 271 g/mol. The van der Waals surface area contributed by atoms with Gasteiger partial charge in [-0.05, 0) is 12.5 Å². The first-order valence-electron chi connectivity index (χ1n) is 6.11. The summed E-state index contributed by atoms with van der Waals surface area (Å²) >= 11 is 0. The zero-order chi connectivity index (χ0) is 13.4. The fraction of sp³-hybridized carbons (Fsp3) is 0.538. The molecule has 0 saturated heterocycles. The maximum absolute atomic E-state index is 11.5. The molecule has 0 amide bonds. The van der Waals surface area contributed by atoms with Crippen LogP contribution in [0, 0.1) is 0 Å². The average Bonchev–Trinajstić information content (AvgIpc) is 2.37. The van der Waals surface area contributed by atoms with Gasteiger partial charge in [0.25, 0.3) is 0 Å². The molecule has 0 aromatic heterocycles. The summed E-state index contributed by atoms with van der Waals surface area (Å²) in [6, 6.07) is 7.45. The van der Waals surface area contributed by atoms with Crippen LogP contribution in [0.15, 0.2) is 24.3 Å². The molecule has 0 spiro atoms. The summed E-state index contributed by atoms with van der Waals surface area (Å²) in [7, 11) is -0.970. The van der Waals surface area contributed by atoms with Gasteiger partial charge in [-0.25, -0.2) is 0 Å². The van der Waals surface area contributed by atoms with Crippen molar-refractivity contribution >= 4 is 10.8 Å². The van der Waals surface area contributed by atoms with Gasteiger partial charge in [0, 0.05) is 28.7 Å². The maximum atomic E-state index is 11.5. The highest BCUT2D eigenvalue weighted by Crippen LogP contribution is 2.17. The molecule has 102 valence electrons. The lowest BCUT2D eigenvalue weighted by Crippen LogP contribution is -2.25. The third-order valence-corrected chi connectivity index (χ3v) is 4.05. The first-order chi connectivity index (χ1) is 8.67. The molecule has 0 fully saturated rings. The molecule has 1 rings (SSSR count). The Morgan fingerprint density at radius 2 is 2.17 bits per heavy atom. The molecule has 0 saturated carbocycles. The quantitative estimate of drug-likeness (QED) is 0.741. The summed E-state index contributed by atoms with van der Waals surface area (Å²) < 4.78 is 17.0. The van der Waals surface area contributed by atoms with E-state index >= 15 is 0 Å². The molecule has 2 unspecified atom stereocenters. The van der Waals surface area contributed by atoms with Crippen LogP contribution in [0.3, 0.4) is 0 Å². The van der Waals surface area contributed by atoms with Gasteiger partial charge in [0.2, 0.25) is 0 Å². The highest BCUT2D eigenvalue weighted by molar-refractivity contribution is 7.85. The van der Waals surface area contributed by atoms with Crippen molar-refractivity contribution in [1.29, 1.82) is 0 Å². The van der Waals surface area contributed by atoms with E-state index in [2.05, 4.69) is 0 Å². The van der Waals surface area contributed by atoms with Crippen LogP contribution >= 0.6 is 0 Å². The van der Waals surface area contributed by atoms with E-state index in [-0.39, 0.29) is 12.4 Å². The molecule has 0 aliphatic rings. The van der Waals surface area contributed by atoms with Gasteiger partial charge in [-0.3, -0.25) is 4.21 Å². The van der Waals surface area contributed by atoms with Gasteiger partial charge >= 0.3 is 0 Å². The van der Waals surface area contributed by atoms with Gasteiger partial charge in [0.05, 0.1) is 11.9 Å². The van der Waals surface area contributed by atoms with Crippen molar-refractivity contribution in [2.24, 2.45) is 5.73 Å². The summed E-state index contributed by atoms with van der Waals surface area (Å²) in [6.07, 6.45) is 0.152. The average molecular weight is 271 g/mol. The van der Waals surface area contributed by atoms with E-state index in [0.29, 0.717) is 18.0 Å². The minimum absolute atomic E-state index is 0.145. The maximum Gasteiger partial charge on any atom is 0.123 e. The van der Waals surface area contributed by atoms with Gasteiger partial charge in [0.15, 0.2) is 0 Å². The van der Waals surface area contributed by atoms with Crippen LogP contribution in [0.1, 0.15) is 18.9 Å². The molecule has 5 heteroatoms. The number of aliphatic hydroxyl groups excluding tert-OH is 1. The number of nitrogens with two attached hydrogens (primary N) is 1. The molecular weight excluding hydrogens is 250 g/mol. The zero-order valence-corrected chi connectivity index (χ0v) is 11.5. The van der Waals surface area contributed by atoms with Gasteiger partial charge in [0.1, 0.15) is 12.4 Å². The van der Waals surface area contributed by atoms with E-state index < -0.39 is 16.9 Å². The Morgan fingerprint density at radius 3 is 2.83 bits per heavy atom. The normalized spacial score (nSPS) is 14.2. The van der Waals surface area contributed by atoms with Gasteiger partial charge in [-0.2, -0.15) is 0 Å². The van der Waals surface area contributed by atoms with Crippen LogP contribution in [0.5, 0.6) is 5.75 Å².